The van der Waals surface area contributed by atoms with Crippen molar-refractivity contribution in [3.05, 3.63) is 62.2 Å². The predicted octanol–water partition coefficient (Wildman–Crippen LogP) is 3.72. The van der Waals surface area contributed by atoms with Crippen molar-refractivity contribution in [1.82, 2.24) is 0 Å². The monoisotopic (exact) mass is 399 g/mol. The second-order valence-electron chi connectivity index (χ2n) is 6.93. The Bertz CT molecular complexity index is 1010. The summed E-state index contributed by atoms with van der Waals surface area (Å²) in [6, 6.07) is 5.99. The Morgan fingerprint density at radius 3 is 2.17 bits per heavy atom. The number of hydrogen-bond donors (Lipinski definition) is 0. The number of ketones is 1. The minimum Gasteiger partial charge on any atom is -0.486 e. The van der Waals surface area contributed by atoms with Gasteiger partial charge < -0.3 is 14.2 Å². The molecule has 3 rings (SSSR count). The maximum Gasteiger partial charge on any atom is 0.346 e. The van der Waals surface area contributed by atoms with Gasteiger partial charge in [0, 0.05) is 11.6 Å². The largest absolute Gasteiger partial charge is 0.486 e. The fourth-order valence-corrected chi connectivity index (χ4v) is 3.12. The zero-order chi connectivity index (χ0) is 21.3. The van der Waals surface area contributed by atoms with Crippen LogP contribution in [0.4, 0.5) is 5.69 Å². The summed E-state index contributed by atoms with van der Waals surface area (Å²) in [6.07, 6.45) is -1.11. The zero-order valence-electron chi connectivity index (χ0n) is 16.6. The van der Waals surface area contributed by atoms with E-state index in [4.69, 9.17) is 14.2 Å². The predicted molar refractivity (Wildman–Crippen MR) is 104 cm³/mol. The SMILES string of the molecule is Cc1cc(C)c(C(=O)[C@H](C)OC(=O)c2cc3c(cc2[N+](=O)[O-])OCCO3)cc1C. The molecule has 0 amide bonds. The first-order valence-electron chi connectivity index (χ1n) is 9.10. The molecule has 0 aromatic heterocycles. The maximum atomic E-state index is 12.8. The van der Waals surface area contributed by atoms with Gasteiger partial charge >= 0.3 is 5.97 Å². The van der Waals surface area contributed by atoms with Gasteiger partial charge in [0.2, 0.25) is 5.78 Å². The third-order valence-electron chi connectivity index (χ3n) is 4.84. The van der Waals surface area contributed by atoms with E-state index >= 15 is 0 Å². The Morgan fingerprint density at radius 2 is 1.55 bits per heavy atom. The molecule has 152 valence electrons. The molecule has 0 unspecified atom stereocenters. The first-order valence-corrected chi connectivity index (χ1v) is 9.10. The van der Waals surface area contributed by atoms with E-state index in [2.05, 4.69) is 0 Å². The minimum absolute atomic E-state index is 0.189. The molecule has 2 aromatic carbocycles. The summed E-state index contributed by atoms with van der Waals surface area (Å²) in [6.45, 7) is 7.61. The lowest BCUT2D eigenvalue weighted by molar-refractivity contribution is -0.385. The molecule has 0 spiro atoms. The first-order chi connectivity index (χ1) is 13.7. The number of fused-ring (bicyclic) bond motifs is 1. The van der Waals surface area contributed by atoms with Gasteiger partial charge in [-0.25, -0.2) is 4.79 Å². The maximum absolute atomic E-state index is 12.8. The summed E-state index contributed by atoms with van der Waals surface area (Å²) < 4.78 is 16.0. The number of aryl methyl sites for hydroxylation is 3. The molecule has 8 nitrogen and oxygen atoms in total. The molecule has 8 heteroatoms. The van der Waals surface area contributed by atoms with Gasteiger partial charge in [0.05, 0.1) is 11.0 Å². The lowest BCUT2D eigenvalue weighted by atomic mass is 9.96. The van der Waals surface area contributed by atoms with Gasteiger partial charge in [-0.05, 0) is 50.5 Å². The van der Waals surface area contributed by atoms with Crippen LogP contribution in [0.15, 0.2) is 24.3 Å². The zero-order valence-corrected chi connectivity index (χ0v) is 16.6. The Labute approximate surface area is 167 Å². The van der Waals surface area contributed by atoms with Crippen molar-refractivity contribution < 1.29 is 28.7 Å². The molecule has 1 aliphatic rings. The molecular formula is C21H21NO7. The number of ether oxygens (including phenoxy) is 3. The number of esters is 1. The first kappa shape index (κ1) is 20.3. The molecular weight excluding hydrogens is 378 g/mol. The molecule has 0 N–H and O–H groups in total. The molecule has 0 saturated carbocycles. The summed E-state index contributed by atoms with van der Waals surface area (Å²) in [5, 5.41) is 11.4. The second-order valence-corrected chi connectivity index (χ2v) is 6.93. The lowest BCUT2D eigenvalue weighted by Gasteiger charge is -2.19. The highest BCUT2D eigenvalue weighted by Gasteiger charge is 2.30. The third kappa shape index (κ3) is 4.06. The molecule has 1 aliphatic heterocycles. The number of nitrogens with zero attached hydrogens (tertiary/aromatic N) is 1. The number of carbonyl (C=O) groups excluding carboxylic acids is 2. The van der Waals surface area contributed by atoms with Crippen molar-refractivity contribution in [3.63, 3.8) is 0 Å². The van der Waals surface area contributed by atoms with Crippen molar-refractivity contribution >= 4 is 17.4 Å². The van der Waals surface area contributed by atoms with E-state index in [9.17, 15) is 19.7 Å². The van der Waals surface area contributed by atoms with Gasteiger partial charge in [-0.2, -0.15) is 0 Å². The van der Waals surface area contributed by atoms with Gasteiger partial charge in [-0.15, -0.1) is 0 Å². The topological polar surface area (TPSA) is 105 Å². The van der Waals surface area contributed by atoms with Crippen LogP contribution in [0.1, 0.15) is 44.3 Å². The van der Waals surface area contributed by atoms with Crippen molar-refractivity contribution in [2.75, 3.05) is 13.2 Å². The Balaban J connectivity index is 1.87. The van der Waals surface area contributed by atoms with Gasteiger partial charge in [-0.1, -0.05) is 6.07 Å². The molecule has 0 saturated heterocycles. The van der Waals surface area contributed by atoms with Gasteiger partial charge in [0.25, 0.3) is 5.69 Å². The Morgan fingerprint density at radius 1 is 0.966 bits per heavy atom. The lowest BCUT2D eigenvalue weighted by Crippen LogP contribution is -2.26. The van der Waals surface area contributed by atoms with E-state index in [1.165, 1.54) is 13.0 Å². The molecule has 1 atom stereocenters. The van der Waals surface area contributed by atoms with Crippen molar-refractivity contribution in [1.29, 1.82) is 0 Å². The van der Waals surface area contributed by atoms with Crippen LogP contribution in [0.2, 0.25) is 0 Å². The summed E-state index contributed by atoms with van der Waals surface area (Å²) >= 11 is 0. The molecule has 1 heterocycles. The van der Waals surface area contributed by atoms with Crippen LogP contribution in [0.25, 0.3) is 0 Å². The number of nitro groups is 1. The highest BCUT2D eigenvalue weighted by molar-refractivity contribution is 6.03. The van der Waals surface area contributed by atoms with Gasteiger partial charge in [0.15, 0.2) is 17.6 Å². The molecule has 0 bridgehead atoms. The van der Waals surface area contributed by atoms with Crippen LogP contribution in [0.5, 0.6) is 11.5 Å². The van der Waals surface area contributed by atoms with Crippen LogP contribution in [-0.2, 0) is 4.74 Å². The van der Waals surface area contributed by atoms with Crippen LogP contribution in [0.3, 0.4) is 0 Å². The van der Waals surface area contributed by atoms with E-state index in [0.717, 1.165) is 22.8 Å². The Kier molecular flexibility index (Phi) is 5.54. The van der Waals surface area contributed by atoms with E-state index < -0.39 is 22.7 Å². The highest BCUT2D eigenvalue weighted by atomic mass is 16.6. The number of Topliss-reactive ketones (excluding diaryl/α,β-unsaturated/α-hetero) is 1. The molecule has 0 fully saturated rings. The van der Waals surface area contributed by atoms with Crippen molar-refractivity contribution in [3.8, 4) is 11.5 Å². The van der Waals surface area contributed by atoms with Gasteiger partial charge in [0.1, 0.15) is 18.8 Å². The minimum atomic E-state index is -1.11. The Hall–Kier alpha value is -3.42. The van der Waals surface area contributed by atoms with E-state index in [-0.39, 0.29) is 36.1 Å². The van der Waals surface area contributed by atoms with E-state index in [1.807, 2.05) is 19.9 Å². The second kappa shape index (κ2) is 7.90. The quantitative estimate of drug-likeness (QED) is 0.326. The molecule has 2 aromatic rings. The average Bonchev–Trinajstić information content (AvgIpc) is 2.68. The van der Waals surface area contributed by atoms with Crippen molar-refractivity contribution in [2.24, 2.45) is 0 Å². The van der Waals surface area contributed by atoms with E-state index in [0.29, 0.717) is 5.56 Å². The standard InChI is InChI=1S/C21H21NO7/c1-11-7-13(3)15(8-12(11)2)20(23)14(4)29-21(24)16-9-18-19(28-6-5-27-18)10-17(16)22(25)26/h7-10,14H,5-6H2,1-4H3/t14-/m0/s1. The summed E-state index contributed by atoms with van der Waals surface area (Å²) in [5.74, 6) is -0.942. The number of rotatable bonds is 5. The molecule has 29 heavy (non-hydrogen) atoms. The fourth-order valence-electron chi connectivity index (χ4n) is 3.12. The third-order valence-corrected chi connectivity index (χ3v) is 4.84. The highest BCUT2D eigenvalue weighted by Crippen LogP contribution is 2.37. The molecule has 0 radical (unpaired) electrons. The van der Waals surface area contributed by atoms with Crippen LogP contribution >= 0.6 is 0 Å². The summed E-state index contributed by atoms with van der Waals surface area (Å²) in [7, 11) is 0. The van der Waals surface area contributed by atoms with Crippen LogP contribution in [0, 0.1) is 30.9 Å². The summed E-state index contributed by atoms with van der Waals surface area (Å²) in [4.78, 5) is 36.1. The molecule has 0 aliphatic carbocycles. The summed E-state index contributed by atoms with van der Waals surface area (Å²) in [5.41, 5.74) is 2.45. The number of hydrogen-bond acceptors (Lipinski definition) is 7. The van der Waals surface area contributed by atoms with Crippen LogP contribution < -0.4 is 9.47 Å². The smallest absolute Gasteiger partial charge is 0.346 e. The number of nitro benzene ring substituents is 1. The average molecular weight is 399 g/mol. The fraction of sp³-hybridized carbons (Fsp3) is 0.333. The van der Waals surface area contributed by atoms with Crippen molar-refractivity contribution in [2.45, 2.75) is 33.8 Å². The van der Waals surface area contributed by atoms with Gasteiger partial charge in [-0.3, -0.25) is 14.9 Å². The van der Waals surface area contributed by atoms with Crippen LogP contribution in [-0.4, -0.2) is 36.0 Å². The van der Waals surface area contributed by atoms with E-state index in [1.54, 1.807) is 13.0 Å². The number of benzene rings is 2. The number of carbonyl (C=O) groups is 2. The normalized spacial score (nSPS) is 13.5.